The highest BCUT2D eigenvalue weighted by atomic mass is 19.4. The molecular formula is C12H10F3NO2. The van der Waals surface area contributed by atoms with Crippen LogP contribution >= 0.6 is 0 Å². The molecule has 18 heavy (non-hydrogen) atoms. The zero-order valence-corrected chi connectivity index (χ0v) is 9.25. The molecule has 0 bridgehead atoms. The van der Waals surface area contributed by atoms with Crippen molar-refractivity contribution in [2.75, 3.05) is 0 Å². The molecule has 1 fully saturated rings. The lowest BCUT2D eigenvalue weighted by Crippen LogP contribution is -2.37. The number of hydrogen-bond donors (Lipinski definition) is 1. The zero-order chi connectivity index (χ0) is 13.3. The van der Waals surface area contributed by atoms with Gasteiger partial charge in [-0.2, -0.15) is 13.2 Å². The highest BCUT2D eigenvalue weighted by molar-refractivity contribution is 5.98. The van der Waals surface area contributed by atoms with Crippen molar-refractivity contribution in [3.05, 3.63) is 35.4 Å². The van der Waals surface area contributed by atoms with Crippen molar-refractivity contribution in [1.82, 2.24) is 5.32 Å². The fraction of sp³-hybridized carbons (Fsp3) is 0.333. The first kappa shape index (κ1) is 12.6. The lowest BCUT2D eigenvalue weighted by Gasteiger charge is -2.21. The minimum atomic E-state index is -4.42. The molecule has 1 N–H and O–H groups in total. The number of hydrogen-bond acceptors (Lipinski definition) is 2. The summed E-state index contributed by atoms with van der Waals surface area (Å²) >= 11 is 0. The summed E-state index contributed by atoms with van der Waals surface area (Å²) in [5.74, 6) is -1.38. The van der Waals surface area contributed by atoms with Crippen LogP contribution in [-0.2, 0) is 15.8 Å². The van der Waals surface area contributed by atoms with E-state index in [9.17, 15) is 22.8 Å². The van der Waals surface area contributed by atoms with Gasteiger partial charge in [0.05, 0.1) is 5.56 Å². The van der Waals surface area contributed by atoms with E-state index in [0.29, 0.717) is 5.56 Å². The topological polar surface area (TPSA) is 46.2 Å². The maximum atomic E-state index is 12.5. The third-order valence-electron chi connectivity index (χ3n) is 2.83. The summed E-state index contributed by atoms with van der Waals surface area (Å²) in [7, 11) is 0. The first-order valence-electron chi connectivity index (χ1n) is 5.36. The van der Waals surface area contributed by atoms with E-state index in [4.69, 9.17) is 0 Å². The van der Waals surface area contributed by atoms with Crippen LogP contribution in [-0.4, -0.2) is 11.8 Å². The molecule has 1 aromatic rings. The molecule has 0 aliphatic carbocycles. The van der Waals surface area contributed by atoms with Gasteiger partial charge in [-0.3, -0.25) is 14.9 Å². The maximum absolute atomic E-state index is 12.5. The summed E-state index contributed by atoms with van der Waals surface area (Å²) < 4.78 is 37.6. The summed E-state index contributed by atoms with van der Waals surface area (Å²) in [4.78, 5) is 22.4. The number of amides is 2. The summed E-state index contributed by atoms with van der Waals surface area (Å²) in [6.07, 6.45) is -4.35. The second-order valence-electron chi connectivity index (χ2n) is 4.20. The molecule has 0 saturated carbocycles. The van der Waals surface area contributed by atoms with Gasteiger partial charge in [0.2, 0.25) is 11.8 Å². The van der Waals surface area contributed by atoms with Gasteiger partial charge >= 0.3 is 6.18 Å². The summed E-state index contributed by atoms with van der Waals surface area (Å²) in [5.41, 5.74) is -0.397. The van der Waals surface area contributed by atoms with Crippen LogP contribution in [0.15, 0.2) is 24.3 Å². The summed E-state index contributed by atoms with van der Waals surface area (Å²) in [5, 5.41) is 2.12. The van der Waals surface area contributed by atoms with Crippen LogP contribution in [0.4, 0.5) is 13.2 Å². The number of carbonyl (C=O) groups excluding carboxylic acids is 2. The highest BCUT2D eigenvalue weighted by Gasteiger charge is 2.32. The number of alkyl halides is 3. The van der Waals surface area contributed by atoms with E-state index in [-0.39, 0.29) is 12.8 Å². The van der Waals surface area contributed by atoms with Crippen LogP contribution in [0.1, 0.15) is 29.9 Å². The van der Waals surface area contributed by atoms with Gasteiger partial charge in [0.15, 0.2) is 0 Å². The van der Waals surface area contributed by atoms with Crippen LogP contribution < -0.4 is 5.32 Å². The minimum absolute atomic E-state index is 0.0348. The van der Waals surface area contributed by atoms with Gasteiger partial charge in [-0.15, -0.1) is 0 Å². The van der Waals surface area contributed by atoms with E-state index in [2.05, 4.69) is 5.32 Å². The Labute approximate surface area is 101 Å². The Morgan fingerprint density at radius 2 is 1.72 bits per heavy atom. The Kier molecular flexibility index (Phi) is 3.11. The number of rotatable bonds is 1. The largest absolute Gasteiger partial charge is 0.416 e. The minimum Gasteiger partial charge on any atom is -0.296 e. The molecule has 1 heterocycles. The smallest absolute Gasteiger partial charge is 0.296 e. The van der Waals surface area contributed by atoms with Gasteiger partial charge in [-0.25, -0.2) is 0 Å². The predicted molar refractivity (Wildman–Crippen MR) is 56.6 cm³/mol. The lowest BCUT2D eigenvalue weighted by atomic mass is 9.88. The molecule has 1 aliphatic heterocycles. The number of carbonyl (C=O) groups is 2. The highest BCUT2D eigenvalue weighted by Crippen LogP contribution is 2.33. The van der Waals surface area contributed by atoms with Crippen LogP contribution in [0, 0.1) is 0 Å². The average molecular weight is 257 g/mol. The Hall–Kier alpha value is -1.85. The number of piperidine rings is 1. The molecule has 0 aromatic heterocycles. The number of halogens is 3. The summed E-state index contributed by atoms with van der Waals surface area (Å²) in [6.45, 7) is 0. The van der Waals surface area contributed by atoms with E-state index in [1.807, 2.05) is 0 Å². The number of imide groups is 1. The van der Waals surface area contributed by atoms with E-state index in [1.54, 1.807) is 0 Å². The van der Waals surface area contributed by atoms with Crippen molar-refractivity contribution in [2.24, 2.45) is 0 Å². The molecule has 1 saturated heterocycles. The first-order valence-corrected chi connectivity index (χ1v) is 5.36. The van der Waals surface area contributed by atoms with Crippen LogP contribution in [0.2, 0.25) is 0 Å². The lowest BCUT2D eigenvalue weighted by molar-refractivity contribution is -0.137. The second-order valence-corrected chi connectivity index (χ2v) is 4.20. The van der Waals surface area contributed by atoms with Crippen molar-refractivity contribution in [3.8, 4) is 0 Å². The van der Waals surface area contributed by atoms with Crippen molar-refractivity contribution in [2.45, 2.75) is 24.9 Å². The van der Waals surface area contributed by atoms with Gasteiger partial charge in [0.25, 0.3) is 0 Å². The molecule has 2 amide bonds. The molecule has 1 aliphatic rings. The molecular weight excluding hydrogens is 247 g/mol. The number of nitrogens with one attached hydrogen (secondary N) is 1. The van der Waals surface area contributed by atoms with Crippen LogP contribution in [0.25, 0.3) is 0 Å². The molecule has 0 unspecified atom stereocenters. The normalized spacial score (nSPS) is 17.7. The molecule has 3 nitrogen and oxygen atoms in total. The molecule has 6 heteroatoms. The Bertz CT molecular complexity index is 480. The fourth-order valence-electron chi connectivity index (χ4n) is 1.98. The Balaban J connectivity index is 2.28. The third kappa shape index (κ3) is 2.69. The van der Waals surface area contributed by atoms with E-state index < -0.39 is 29.5 Å². The van der Waals surface area contributed by atoms with Gasteiger partial charge < -0.3 is 0 Å². The molecule has 96 valence electrons. The van der Waals surface area contributed by atoms with Crippen LogP contribution in [0.3, 0.4) is 0 Å². The first-order chi connectivity index (χ1) is 8.36. The summed E-state index contributed by atoms with van der Waals surface area (Å²) in [6, 6.07) is 4.76. The average Bonchev–Trinajstić information content (AvgIpc) is 2.27. The molecule has 0 atom stereocenters. The quantitative estimate of drug-likeness (QED) is 0.784. The van der Waals surface area contributed by atoms with Crippen molar-refractivity contribution in [1.29, 1.82) is 0 Å². The second kappa shape index (κ2) is 4.44. The Morgan fingerprint density at radius 1 is 1.11 bits per heavy atom. The van der Waals surface area contributed by atoms with Gasteiger partial charge in [0.1, 0.15) is 0 Å². The van der Waals surface area contributed by atoms with Gasteiger partial charge in [-0.1, -0.05) is 18.2 Å². The van der Waals surface area contributed by atoms with E-state index in [0.717, 1.165) is 12.1 Å². The maximum Gasteiger partial charge on any atom is 0.416 e. The molecule has 1 aromatic carbocycles. The Morgan fingerprint density at radius 3 is 2.28 bits per heavy atom. The van der Waals surface area contributed by atoms with Crippen molar-refractivity contribution < 1.29 is 22.8 Å². The standard InChI is InChI=1S/C12H10F3NO2/c13-12(14,15)9-3-1-2-7(4-9)8-5-10(17)16-11(18)6-8/h1-4,8H,5-6H2,(H,16,17,18). The monoisotopic (exact) mass is 257 g/mol. The molecule has 0 spiro atoms. The number of benzene rings is 1. The predicted octanol–water partition coefficient (Wildman–Crippen LogP) is 2.23. The van der Waals surface area contributed by atoms with E-state index in [1.165, 1.54) is 12.1 Å². The van der Waals surface area contributed by atoms with Crippen LogP contribution in [0.5, 0.6) is 0 Å². The fourth-order valence-corrected chi connectivity index (χ4v) is 1.98. The van der Waals surface area contributed by atoms with E-state index >= 15 is 0 Å². The third-order valence-corrected chi connectivity index (χ3v) is 2.83. The molecule has 0 radical (unpaired) electrons. The molecule has 2 rings (SSSR count). The van der Waals surface area contributed by atoms with Crippen molar-refractivity contribution >= 4 is 11.8 Å². The zero-order valence-electron chi connectivity index (χ0n) is 9.25. The SMILES string of the molecule is O=C1CC(c2cccc(C(F)(F)F)c2)CC(=O)N1. The van der Waals surface area contributed by atoms with Crippen molar-refractivity contribution in [3.63, 3.8) is 0 Å². The van der Waals surface area contributed by atoms with Gasteiger partial charge in [-0.05, 0) is 11.6 Å². The van der Waals surface area contributed by atoms with Gasteiger partial charge in [0, 0.05) is 18.8 Å².